The molecule has 1 aliphatic heterocycles. The summed E-state index contributed by atoms with van der Waals surface area (Å²) in [5, 5.41) is 7.29. The molecule has 1 heterocycles. The molecule has 1 aromatic carbocycles. The predicted octanol–water partition coefficient (Wildman–Crippen LogP) is 3.00. The number of benzene rings is 1. The molecule has 2 unspecified atom stereocenters. The first-order valence-electron chi connectivity index (χ1n) is 9.94. The Morgan fingerprint density at radius 2 is 2.00 bits per heavy atom. The Bertz CT molecular complexity index is 604. The van der Waals surface area contributed by atoms with Gasteiger partial charge in [-0.15, -0.1) is 0 Å². The van der Waals surface area contributed by atoms with Crippen molar-refractivity contribution < 1.29 is 0 Å². The van der Waals surface area contributed by atoms with Crippen LogP contribution in [0, 0.1) is 11.3 Å². The van der Waals surface area contributed by atoms with Crippen molar-refractivity contribution in [1.29, 1.82) is 0 Å². The first-order valence-corrected chi connectivity index (χ1v) is 9.94. The Kier molecular flexibility index (Phi) is 4.72. The van der Waals surface area contributed by atoms with E-state index in [1.807, 2.05) is 7.05 Å². The molecule has 2 atom stereocenters. The van der Waals surface area contributed by atoms with Gasteiger partial charge in [0.2, 0.25) is 0 Å². The number of guanidine groups is 1. The maximum atomic E-state index is 4.47. The average Bonchev–Trinajstić information content (AvgIpc) is 3.52. The average molecular weight is 341 g/mol. The van der Waals surface area contributed by atoms with E-state index in [1.165, 1.54) is 37.7 Å². The Balaban J connectivity index is 1.27. The number of hydrogen-bond acceptors (Lipinski definition) is 2. The predicted molar refractivity (Wildman–Crippen MR) is 104 cm³/mol. The third kappa shape index (κ3) is 4.00. The minimum absolute atomic E-state index is 0.487. The molecule has 4 rings (SSSR count). The molecule has 3 fully saturated rings. The summed E-state index contributed by atoms with van der Waals surface area (Å²) in [6, 6.07) is 11.9. The van der Waals surface area contributed by atoms with Gasteiger partial charge in [0.25, 0.3) is 0 Å². The van der Waals surface area contributed by atoms with Crippen LogP contribution >= 0.6 is 0 Å². The molecule has 136 valence electrons. The molecule has 2 N–H and O–H groups in total. The second kappa shape index (κ2) is 6.99. The standard InChI is InChI=1S/C21H32N4/c1-16-12-19(14-25(16)13-17-6-4-3-5-7-17)24-20(22-2)23-15-21(10-11-21)18-8-9-18/h3-7,16,18-19H,8-15H2,1-2H3,(H2,22,23,24). The lowest BCUT2D eigenvalue weighted by Crippen LogP contribution is -2.46. The SMILES string of the molecule is CN=C(NCC1(C2CC2)CC1)NC1CC(C)N(Cc2ccccc2)C1. The lowest BCUT2D eigenvalue weighted by Gasteiger charge is -2.22. The molecule has 25 heavy (non-hydrogen) atoms. The summed E-state index contributed by atoms with van der Waals surface area (Å²) in [5.41, 5.74) is 2.01. The van der Waals surface area contributed by atoms with Crippen LogP contribution in [0.15, 0.2) is 35.3 Å². The molecule has 1 aromatic rings. The van der Waals surface area contributed by atoms with Crippen LogP contribution in [0.4, 0.5) is 0 Å². The zero-order valence-corrected chi connectivity index (χ0v) is 15.7. The van der Waals surface area contributed by atoms with Crippen LogP contribution in [0.3, 0.4) is 0 Å². The fourth-order valence-electron chi connectivity index (χ4n) is 4.47. The van der Waals surface area contributed by atoms with Gasteiger partial charge in [-0.1, -0.05) is 30.3 Å². The molecule has 4 heteroatoms. The minimum atomic E-state index is 0.487. The maximum absolute atomic E-state index is 4.47. The van der Waals surface area contributed by atoms with Crippen LogP contribution in [0.25, 0.3) is 0 Å². The molecule has 2 saturated carbocycles. The van der Waals surface area contributed by atoms with E-state index in [0.29, 0.717) is 17.5 Å². The largest absolute Gasteiger partial charge is 0.356 e. The summed E-state index contributed by atoms with van der Waals surface area (Å²) in [5.74, 6) is 1.98. The Labute approximate surface area is 152 Å². The molecule has 0 aromatic heterocycles. The zero-order chi connectivity index (χ0) is 17.3. The Morgan fingerprint density at radius 3 is 2.64 bits per heavy atom. The quantitative estimate of drug-likeness (QED) is 0.618. The van der Waals surface area contributed by atoms with Crippen molar-refractivity contribution in [1.82, 2.24) is 15.5 Å². The fraction of sp³-hybridized carbons (Fsp3) is 0.667. The monoisotopic (exact) mass is 340 g/mol. The highest BCUT2D eigenvalue weighted by Crippen LogP contribution is 2.60. The van der Waals surface area contributed by atoms with E-state index in [4.69, 9.17) is 0 Å². The summed E-state index contributed by atoms with van der Waals surface area (Å²) in [4.78, 5) is 7.05. The van der Waals surface area contributed by atoms with Crippen LogP contribution in [0.1, 0.15) is 44.6 Å². The van der Waals surface area contributed by atoms with Gasteiger partial charge in [0.1, 0.15) is 0 Å². The van der Waals surface area contributed by atoms with Crippen molar-refractivity contribution in [2.45, 2.75) is 57.7 Å². The van der Waals surface area contributed by atoms with Crippen molar-refractivity contribution in [3.63, 3.8) is 0 Å². The van der Waals surface area contributed by atoms with E-state index < -0.39 is 0 Å². The lowest BCUT2D eigenvalue weighted by molar-refractivity contribution is 0.258. The van der Waals surface area contributed by atoms with Crippen LogP contribution in [0.2, 0.25) is 0 Å². The number of hydrogen-bond donors (Lipinski definition) is 2. The van der Waals surface area contributed by atoms with Crippen molar-refractivity contribution in [2.24, 2.45) is 16.3 Å². The second-order valence-corrected chi connectivity index (χ2v) is 8.40. The van der Waals surface area contributed by atoms with Crippen LogP contribution in [-0.2, 0) is 6.54 Å². The summed E-state index contributed by atoms with van der Waals surface area (Å²) in [6.45, 7) is 5.57. The van der Waals surface area contributed by atoms with Crippen LogP contribution in [-0.4, -0.2) is 43.1 Å². The Hall–Kier alpha value is -1.55. The number of nitrogens with one attached hydrogen (secondary N) is 2. The summed E-state index contributed by atoms with van der Waals surface area (Å²) < 4.78 is 0. The summed E-state index contributed by atoms with van der Waals surface area (Å²) in [6.07, 6.45) is 6.89. The first kappa shape index (κ1) is 16.9. The summed E-state index contributed by atoms with van der Waals surface area (Å²) >= 11 is 0. The third-order valence-corrected chi connectivity index (χ3v) is 6.44. The molecule has 1 saturated heterocycles. The number of aliphatic imine (C=N–C) groups is 1. The molecular formula is C21H32N4. The smallest absolute Gasteiger partial charge is 0.191 e. The third-order valence-electron chi connectivity index (χ3n) is 6.44. The molecule has 0 radical (unpaired) electrons. The number of likely N-dealkylation sites (tertiary alicyclic amines) is 1. The topological polar surface area (TPSA) is 39.7 Å². The van der Waals surface area contributed by atoms with E-state index in [-0.39, 0.29) is 0 Å². The molecule has 3 aliphatic rings. The van der Waals surface area contributed by atoms with Gasteiger partial charge in [-0.2, -0.15) is 0 Å². The van der Waals surface area contributed by atoms with Gasteiger partial charge in [-0.25, -0.2) is 0 Å². The fourth-order valence-corrected chi connectivity index (χ4v) is 4.47. The van der Waals surface area contributed by atoms with Gasteiger partial charge in [-0.05, 0) is 55.9 Å². The van der Waals surface area contributed by atoms with E-state index >= 15 is 0 Å². The second-order valence-electron chi connectivity index (χ2n) is 8.40. The molecule has 0 bridgehead atoms. The van der Waals surface area contributed by atoms with E-state index in [9.17, 15) is 0 Å². The van der Waals surface area contributed by atoms with Crippen LogP contribution < -0.4 is 10.6 Å². The van der Waals surface area contributed by atoms with Crippen molar-refractivity contribution >= 4 is 5.96 Å². The first-order chi connectivity index (χ1) is 12.2. The molecule has 0 amide bonds. The van der Waals surface area contributed by atoms with Gasteiger partial charge >= 0.3 is 0 Å². The van der Waals surface area contributed by atoms with Gasteiger partial charge in [0, 0.05) is 38.8 Å². The highest BCUT2D eigenvalue weighted by atomic mass is 15.3. The molecule has 2 aliphatic carbocycles. The summed E-state index contributed by atoms with van der Waals surface area (Å²) in [7, 11) is 1.89. The van der Waals surface area contributed by atoms with Gasteiger partial charge in [0.05, 0.1) is 0 Å². The van der Waals surface area contributed by atoms with E-state index in [2.05, 4.69) is 57.8 Å². The van der Waals surface area contributed by atoms with Gasteiger partial charge in [-0.3, -0.25) is 9.89 Å². The van der Waals surface area contributed by atoms with Gasteiger partial charge < -0.3 is 10.6 Å². The normalized spacial score (nSPS) is 28.8. The van der Waals surface area contributed by atoms with Crippen molar-refractivity contribution in [3.05, 3.63) is 35.9 Å². The van der Waals surface area contributed by atoms with Crippen LogP contribution in [0.5, 0.6) is 0 Å². The minimum Gasteiger partial charge on any atom is -0.356 e. The Morgan fingerprint density at radius 1 is 1.24 bits per heavy atom. The maximum Gasteiger partial charge on any atom is 0.191 e. The molecular weight excluding hydrogens is 308 g/mol. The number of nitrogens with zero attached hydrogens (tertiary/aromatic N) is 2. The molecule has 4 nitrogen and oxygen atoms in total. The highest BCUT2D eigenvalue weighted by molar-refractivity contribution is 5.80. The zero-order valence-electron chi connectivity index (χ0n) is 15.7. The van der Waals surface area contributed by atoms with E-state index in [0.717, 1.165) is 31.5 Å². The number of rotatable bonds is 6. The van der Waals surface area contributed by atoms with E-state index in [1.54, 1.807) is 0 Å². The van der Waals surface area contributed by atoms with Gasteiger partial charge in [0.15, 0.2) is 5.96 Å². The van der Waals surface area contributed by atoms with Crippen molar-refractivity contribution in [3.8, 4) is 0 Å². The molecule has 0 spiro atoms. The van der Waals surface area contributed by atoms with Crippen molar-refractivity contribution in [2.75, 3.05) is 20.1 Å². The highest BCUT2D eigenvalue weighted by Gasteiger charge is 2.53. The lowest BCUT2D eigenvalue weighted by atomic mass is 10.0.